The fourth-order valence-corrected chi connectivity index (χ4v) is 3.78. The van der Waals surface area contributed by atoms with Gasteiger partial charge in [0.05, 0.1) is 5.69 Å². The third-order valence-corrected chi connectivity index (χ3v) is 5.73. The normalized spacial score (nSPS) is 12.0. The van der Waals surface area contributed by atoms with Gasteiger partial charge >= 0.3 is 0 Å². The Hall–Kier alpha value is -2.60. The van der Waals surface area contributed by atoms with E-state index in [1.165, 1.54) is 5.56 Å². The Morgan fingerprint density at radius 2 is 1.82 bits per heavy atom. The summed E-state index contributed by atoms with van der Waals surface area (Å²) in [5.74, 6) is 1.61. The zero-order valence-electron chi connectivity index (χ0n) is 16.8. The van der Waals surface area contributed by atoms with E-state index in [-0.39, 0.29) is 11.9 Å². The van der Waals surface area contributed by atoms with Crippen LogP contribution in [0.1, 0.15) is 47.6 Å². The first-order valence-corrected chi connectivity index (χ1v) is 10.5. The lowest BCUT2D eigenvalue weighted by atomic mass is 10.1. The van der Waals surface area contributed by atoms with Crippen molar-refractivity contribution < 1.29 is 4.79 Å². The van der Waals surface area contributed by atoms with Gasteiger partial charge in [-0.05, 0) is 56.5 Å². The molecule has 0 saturated heterocycles. The van der Waals surface area contributed by atoms with Crippen LogP contribution in [-0.4, -0.2) is 26.7 Å². The van der Waals surface area contributed by atoms with Crippen LogP contribution in [-0.2, 0) is 5.75 Å². The highest BCUT2D eigenvalue weighted by Gasteiger charge is 2.13. The summed E-state index contributed by atoms with van der Waals surface area (Å²) in [5, 5.41) is 12.5. The largest absolute Gasteiger partial charge is 0.350 e. The van der Waals surface area contributed by atoms with Crippen LogP contribution in [0.5, 0.6) is 0 Å². The lowest BCUT2D eigenvalue weighted by Crippen LogP contribution is -2.31. The third-order valence-electron chi connectivity index (χ3n) is 4.73. The van der Waals surface area contributed by atoms with Crippen LogP contribution < -0.4 is 5.32 Å². The molecule has 1 heterocycles. The molecule has 0 radical (unpaired) electrons. The minimum absolute atomic E-state index is 0.0246. The maximum Gasteiger partial charge on any atom is 0.251 e. The molecule has 0 aliphatic heterocycles. The fourth-order valence-electron chi connectivity index (χ4n) is 2.84. The van der Waals surface area contributed by atoms with Crippen LogP contribution in [0.3, 0.4) is 0 Å². The van der Waals surface area contributed by atoms with Gasteiger partial charge in [0.2, 0.25) is 0 Å². The predicted molar refractivity (Wildman–Crippen MR) is 114 cm³/mol. The Labute approximate surface area is 170 Å². The van der Waals surface area contributed by atoms with Gasteiger partial charge in [-0.25, -0.2) is 0 Å². The van der Waals surface area contributed by atoms with E-state index in [4.69, 9.17) is 0 Å². The quantitative estimate of drug-likeness (QED) is 0.590. The number of para-hydroxylation sites is 1. The van der Waals surface area contributed by atoms with E-state index in [2.05, 4.69) is 46.1 Å². The summed E-state index contributed by atoms with van der Waals surface area (Å²) < 4.78 is 2.09. The van der Waals surface area contributed by atoms with Crippen molar-refractivity contribution in [2.75, 3.05) is 0 Å². The minimum atomic E-state index is -0.0246. The molecule has 0 fully saturated rings. The van der Waals surface area contributed by atoms with E-state index in [9.17, 15) is 4.79 Å². The molecule has 28 heavy (non-hydrogen) atoms. The zero-order chi connectivity index (χ0) is 20.1. The number of carbonyl (C=O) groups is 1. The monoisotopic (exact) mass is 394 g/mol. The zero-order valence-corrected chi connectivity index (χ0v) is 17.6. The van der Waals surface area contributed by atoms with E-state index in [1.807, 2.05) is 50.2 Å². The molecule has 1 unspecified atom stereocenters. The molecule has 6 heteroatoms. The van der Waals surface area contributed by atoms with Crippen molar-refractivity contribution in [3.63, 3.8) is 0 Å². The molecule has 2 aromatic carbocycles. The molecule has 146 valence electrons. The van der Waals surface area contributed by atoms with Gasteiger partial charge < -0.3 is 5.32 Å². The molecular formula is C22H26N4OS. The second kappa shape index (κ2) is 9.06. The molecular weight excluding hydrogens is 368 g/mol. The van der Waals surface area contributed by atoms with Gasteiger partial charge in [-0.3, -0.25) is 9.36 Å². The summed E-state index contributed by atoms with van der Waals surface area (Å²) in [5.41, 5.74) is 4.11. The van der Waals surface area contributed by atoms with Crippen molar-refractivity contribution in [2.24, 2.45) is 0 Å². The Bertz CT molecular complexity index is 949. The summed E-state index contributed by atoms with van der Waals surface area (Å²) in [6.07, 6.45) is 0.918. The SMILES string of the molecule is CCC(C)NC(=O)c1ccc(CSc2nnc(C)n2-c2ccccc2C)cc1. The summed E-state index contributed by atoms with van der Waals surface area (Å²) >= 11 is 1.64. The predicted octanol–water partition coefficient (Wildman–Crippen LogP) is 4.70. The van der Waals surface area contributed by atoms with Crippen molar-refractivity contribution in [1.29, 1.82) is 0 Å². The standard InChI is InChI=1S/C22H26N4OS/c1-5-16(3)23-21(27)19-12-10-18(11-13-19)14-28-22-25-24-17(4)26(22)20-9-7-6-8-15(20)2/h6-13,16H,5,14H2,1-4H3,(H,23,27). The second-order valence-corrected chi connectivity index (χ2v) is 7.86. The molecule has 3 rings (SSSR count). The number of aromatic nitrogens is 3. The lowest BCUT2D eigenvalue weighted by molar-refractivity contribution is 0.0939. The van der Waals surface area contributed by atoms with Crippen molar-refractivity contribution in [1.82, 2.24) is 20.1 Å². The second-order valence-electron chi connectivity index (χ2n) is 6.92. The number of hydrogen-bond donors (Lipinski definition) is 1. The van der Waals surface area contributed by atoms with Crippen molar-refractivity contribution >= 4 is 17.7 Å². The molecule has 3 aromatic rings. The number of nitrogens with one attached hydrogen (secondary N) is 1. The van der Waals surface area contributed by atoms with Gasteiger partial charge in [0.25, 0.3) is 5.91 Å². The van der Waals surface area contributed by atoms with Gasteiger partial charge in [0.15, 0.2) is 5.16 Å². The summed E-state index contributed by atoms with van der Waals surface area (Å²) in [4.78, 5) is 12.2. The van der Waals surface area contributed by atoms with Crippen LogP contribution >= 0.6 is 11.8 Å². The first-order valence-electron chi connectivity index (χ1n) is 9.50. The van der Waals surface area contributed by atoms with Gasteiger partial charge in [-0.1, -0.05) is 49.0 Å². The maximum atomic E-state index is 12.2. The first-order chi connectivity index (χ1) is 13.5. The molecule has 0 aliphatic rings. The number of thioether (sulfide) groups is 1. The van der Waals surface area contributed by atoms with Crippen molar-refractivity contribution in [3.8, 4) is 5.69 Å². The average Bonchev–Trinajstić information content (AvgIpc) is 3.07. The molecule has 0 spiro atoms. The number of hydrogen-bond acceptors (Lipinski definition) is 4. The number of rotatable bonds is 7. The van der Waals surface area contributed by atoms with Gasteiger partial charge in [-0.15, -0.1) is 10.2 Å². The van der Waals surface area contributed by atoms with Crippen molar-refractivity contribution in [2.45, 2.75) is 51.1 Å². The summed E-state index contributed by atoms with van der Waals surface area (Å²) in [7, 11) is 0. The van der Waals surface area contributed by atoms with E-state index in [0.29, 0.717) is 5.56 Å². The Balaban J connectivity index is 1.70. The Morgan fingerprint density at radius 1 is 1.11 bits per heavy atom. The third kappa shape index (κ3) is 4.62. The number of aryl methyl sites for hydroxylation is 2. The molecule has 1 aromatic heterocycles. The Morgan fingerprint density at radius 3 is 2.50 bits per heavy atom. The lowest BCUT2D eigenvalue weighted by Gasteiger charge is -2.12. The van der Waals surface area contributed by atoms with Crippen LogP contribution in [0, 0.1) is 13.8 Å². The van der Waals surface area contributed by atoms with Crippen LogP contribution in [0.2, 0.25) is 0 Å². The van der Waals surface area contributed by atoms with E-state index in [1.54, 1.807) is 11.8 Å². The number of amides is 1. The topological polar surface area (TPSA) is 59.8 Å². The molecule has 1 atom stereocenters. The van der Waals surface area contributed by atoms with Crippen LogP contribution in [0.15, 0.2) is 53.7 Å². The highest BCUT2D eigenvalue weighted by atomic mass is 32.2. The molecule has 0 bridgehead atoms. The molecule has 1 amide bonds. The van der Waals surface area contributed by atoms with Crippen molar-refractivity contribution in [3.05, 3.63) is 71.0 Å². The number of carbonyl (C=O) groups excluding carboxylic acids is 1. The van der Waals surface area contributed by atoms with Crippen LogP contribution in [0.4, 0.5) is 0 Å². The van der Waals surface area contributed by atoms with E-state index >= 15 is 0 Å². The molecule has 1 N–H and O–H groups in total. The smallest absolute Gasteiger partial charge is 0.251 e. The maximum absolute atomic E-state index is 12.2. The summed E-state index contributed by atoms with van der Waals surface area (Å²) in [6, 6.07) is 16.2. The van der Waals surface area contributed by atoms with Gasteiger partial charge in [0, 0.05) is 17.4 Å². The number of nitrogens with zero attached hydrogens (tertiary/aromatic N) is 3. The minimum Gasteiger partial charge on any atom is -0.350 e. The molecule has 5 nitrogen and oxygen atoms in total. The van der Waals surface area contributed by atoms with Crippen LogP contribution in [0.25, 0.3) is 5.69 Å². The summed E-state index contributed by atoms with van der Waals surface area (Å²) in [6.45, 7) is 8.12. The molecule has 0 saturated carbocycles. The van der Waals surface area contributed by atoms with E-state index < -0.39 is 0 Å². The highest BCUT2D eigenvalue weighted by Crippen LogP contribution is 2.26. The van der Waals surface area contributed by atoms with E-state index in [0.717, 1.165) is 34.4 Å². The van der Waals surface area contributed by atoms with Gasteiger partial charge in [0.1, 0.15) is 5.82 Å². The van der Waals surface area contributed by atoms with Gasteiger partial charge in [-0.2, -0.15) is 0 Å². The molecule has 0 aliphatic carbocycles. The highest BCUT2D eigenvalue weighted by molar-refractivity contribution is 7.98. The Kier molecular flexibility index (Phi) is 6.52. The first kappa shape index (κ1) is 20.1. The average molecular weight is 395 g/mol. The number of benzene rings is 2. The fraction of sp³-hybridized carbons (Fsp3) is 0.318.